The predicted octanol–water partition coefficient (Wildman–Crippen LogP) is 3.14. The molecule has 1 rings (SSSR count). The molecule has 0 aliphatic heterocycles. The van der Waals surface area contributed by atoms with Crippen molar-refractivity contribution in [3.8, 4) is 17.2 Å². The first-order chi connectivity index (χ1) is 9.91. The Morgan fingerprint density at radius 3 is 2.10 bits per heavy atom. The van der Waals surface area contributed by atoms with Gasteiger partial charge in [0.15, 0.2) is 11.5 Å². The van der Waals surface area contributed by atoms with E-state index in [0.717, 1.165) is 5.56 Å². The first kappa shape index (κ1) is 17.4. The first-order valence-corrected chi connectivity index (χ1v) is 6.50. The Balaban J connectivity index is 2.79. The molecule has 0 amide bonds. The molecule has 0 radical (unpaired) electrons. The van der Waals surface area contributed by atoms with Crippen LogP contribution in [0.4, 0.5) is 13.2 Å². The molecule has 4 nitrogen and oxygen atoms in total. The quantitative estimate of drug-likeness (QED) is 0.749. The number of benzene rings is 1. The zero-order chi connectivity index (χ0) is 15.9. The van der Waals surface area contributed by atoms with Gasteiger partial charge in [0.2, 0.25) is 5.75 Å². The van der Waals surface area contributed by atoms with E-state index < -0.39 is 12.6 Å². The fourth-order valence-electron chi connectivity index (χ4n) is 1.83. The molecule has 120 valence electrons. The largest absolute Gasteiger partial charge is 0.493 e. The van der Waals surface area contributed by atoms with Crippen LogP contribution in [0.2, 0.25) is 0 Å². The second-order valence-electron chi connectivity index (χ2n) is 4.43. The number of ether oxygens (including phenoxy) is 3. The van der Waals surface area contributed by atoms with E-state index in [0.29, 0.717) is 23.8 Å². The molecule has 0 saturated carbocycles. The third kappa shape index (κ3) is 5.71. The number of hydrogen-bond acceptors (Lipinski definition) is 4. The third-order valence-corrected chi connectivity index (χ3v) is 2.75. The third-order valence-electron chi connectivity index (χ3n) is 2.75. The average Bonchev–Trinajstić information content (AvgIpc) is 2.43. The van der Waals surface area contributed by atoms with Crippen LogP contribution >= 0.6 is 0 Å². The molecule has 0 bridgehead atoms. The van der Waals surface area contributed by atoms with E-state index in [4.69, 9.17) is 14.2 Å². The summed E-state index contributed by atoms with van der Waals surface area (Å²) in [6.45, 7) is 0.554. The maximum atomic E-state index is 12.1. The molecule has 0 aromatic heterocycles. The van der Waals surface area contributed by atoms with Gasteiger partial charge in [0.05, 0.1) is 20.8 Å². The lowest BCUT2D eigenvalue weighted by Gasteiger charge is -2.16. The summed E-state index contributed by atoms with van der Waals surface area (Å²) >= 11 is 0. The molecular weight excluding hydrogens is 287 g/mol. The van der Waals surface area contributed by atoms with Crippen LogP contribution in [0.15, 0.2) is 12.1 Å². The second kappa shape index (κ2) is 7.97. The van der Waals surface area contributed by atoms with Crippen LogP contribution in [-0.2, 0) is 6.54 Å². The molecule has 0 saturated heterocycles. The van der Waals surface area contributed by atoms with Crippen LogP contribution in [0.3, 0.4) is 0 Å². The highest BCUT2D eigenvalue weighted by atomic mass is 19.4. The Kier molecular flexibility index (Phi) is 6.61. The van der Waals surface area contributed by atoms with E-state index in [2.05, 4.69) is 5.32 Å². The standard InChI is InChI=1S/C14H20F3NO3/c1-18-9-10-7-11(19-2)13(12(8-10)20-3)21-6-4-5-14(15,16)17/h7-8,18H,4-6,9H2,1-3H3. The highest BCUT2D eigenvalue weighted by Gasteiger charge is 2.26. The summed E-state index contributed by atoms with van der Waals surface area (Å²) in [5.74, 6) is 1.19. The van der Waals surface area contributed by atoms with Crippen molar-refractivity contribution in [2.75, 3.05) is 27.9 Å². The number of rotatable bonds is 8. The van der Waals surface area contributed by atoms with E-state index in [1.807, 2.05) is 0 Å². The lowest BCUT2D eigenvalue weighted by molar-refractivity contribution is -0.136. The van der Waals surface area contributed by atoms with Gasteiger partial charge in [-0.2, -0.15) is 13.2 Å². The topological polar surface area (TPSA) is 39.7 Å². The number of methoxy groups -OCH3 is 2. The molecular formula is C14H20F3NO3. The van der Waals surface area contributed by atoms with Gasteiger partial charge in [0.25, 0.3) is 0 Å². The lowest BCUT2D eigenvalue weighted by atomic mass is 10.2. The van der Waals surface area contributed by atoms with Crippen molar-refractivity contribution >= 4 is 0 Å². The molecule has 0 aliphatic carbocycles. The predicted molar refractivity (Wildman–Crippen MR) is 73.1 cm³/mol. The minimum atomic E-state index is -4.17. The van der Waals surface area contributed by atoms with Gasteiger partial charge in [-0.25, -0.2) is 0 Å². The number of halogens is 3. The zero-order valence-electron chi connectivity index (χ0n) is 12.3. The van der Waals surface area contributed by atoms with Gasteiger partial charge in [-0.1, -0.05) is 0 Å². The maximum absolute atomic E-state index is 12.1. The summed E-state index contributed by atoms with van der Waals surface area (Å²) in [5.41, 5.74) is 0.925. The Morgan fingerprint density at radius 2 is 1.67 bits per heavy atom. The molecule has 1 N–H and O–H groups in total. The molecule has 0 aliphatic rings. The SMILES string of the molecule is CNCc1cc(OC)c(OCCCC(F)(F)F)c(OC)c1. The van der Waals surface area contributed by atoms with Gasteiger partial charge >= 0.3 is 6.18 Å². The summed E-state index contributed by atoms with van der Waals surface area (Å²) in [5, 5.41) is 3.00. The van der Waals surface area contributed by atoms with Crippen molar-refractivity contribution in [2.24, 2.45) is 0 Å². The molecule has 0 heterocycles. The van der Waals surface area contributed by atoms with Crippen molar-refractivity contribution < 1.29 is 27.4 Å². The fraction of sp³-hybridized carbons (Fsp3) is 0.571. The van der Waals surface area contributed by atoms with E-state index in [-0.39, 0.29) is 13.0 Å². The van der Waals surface area contributed by atoms with Gasteiger partial charge in [0.1, 0.15) is 0 Å². The van der Waals surface area contributed by atoms with Gasteiger partial charge in [-0.05, 0) is 31.2 Å². The molecule has 0 fully saturated rings. The highest BCUT2D eigenvalue weighted by Crippen LogP contribution is 2.38. The molecule has 1 aromatic carbocycles. The van der Waals surface area contributed by atoms with Gasteiger partial charge in [0, 0.05) is 13.0 Å². The second-order valence-corrected chi connectivity index (χ2v) is 4.43. The fourth-order valence-corrected chi connectivity index (χ4v) is 1.83. The van der Waals surface area contributed by atoms with Crippen LogP contribution in [0.1, 0.15) is 18.4 Å². The number of alkyl halides is 3. The summed E-state index contributed by atoms with van der Waals surface area (Å²) in [4.78, 5) is 0. The Morgan fingerprint density at radius 1 is 1.10 bits per heavy atom. The minimum absolute atomic E-state index is 0.0579. The van der Waals surface area contributed by atoms with Crippen molar-refractivity contribution in [3.05, 3.63) is 17.7 Å². The van der Waals surface area contributed by atoms with E-state index in [1.54, 1.807) is 19.2 Å². The van der Waals surface area contributed by atoms with Gasteiger partial charge in [-0.15, -0.1) is 0 Å². The van der Waals surface area contributed by atoms with E-state index >= 15 is 0 Å². The Labute approximate surface area is 122 Å². The van der Waals surface area contributed by atoms with Crippen LogP contribution in [0.5, 0.6) is 17.2 Å². The van der Waals surface area contributed by atoms with Crippen molar-refractivity contribution in [1.29, 1.82) is 0 Å². The molecule has 1 aromatic rings. The first-order valence-electron chi connectivity index (χ1n) is 6.50. The van der Waals surface area contributed by atoms with Crippen molar-refractivity contribution in [2.45, 2.75) is 25.6 Å². The Hall–Kier alpha value is -1.63. The summed E-state index contributed by atoms with van der Waals surface area (Å²) < 4.78 is 52.1. The highest BCUT2D eigenvalue weighted by molar-refractivity contribution is 5.53. The van der Waals surface area contributed by atoms with E-state index in [9.17, 15) is 13.2 Å². The molecule has 0 unspecified atom stereocenters. The summed E-state index contributed by atoms with van der Waals surface area (Å²) in [7, 11) is 4.75. The lowest BCUT2D eigenvalue weighted by Crippen LogP contribution is -2.11. The van der Waals surface area contributed by atoms with Crippen LogP contribution in [0.25, 0.3) is 0 Å². The smallest absolute Gasteiger partial charge is 0.389 e. The monoisotopic (exact) mass is 307 g/mol. The van der Waals surface area contributed by atoms with Crippen LogP contribution in [-0.4, -0.2) is 34.1 Å². The van der Waals surface area contributed by atoms with Gasteiger partial charge in [-0.3, -0.25) is 0 Å². The van der Waals surface area contributed by atoms with Gasteiger partial charge < -0.3 is 19.5 Å². The number of hydrogen-bond donors (Lipinski definition) is 1. The zero-order valence-corrected chi connectivity index (χ0v) is 12.3. The molecule has 7 heteroatoms. The maximum Gasteiger partial charge on any atom is 0.389 e. The summed E-state index contributed by atoms with van der Waals surface area (Å²) in [6.07, 6.45) is -5.17. The van der Waals surface area contributed by atoms with Crippen LogP contribution < -0.4 is 19.5 Å². The Bertz CT molecular complexity index is 425. The molecule has 0 spiro atoms. The van der Waals surface area contributed by atoms with Crippen molar-refractivity contribution in [1.82, 2.24) is 5.32 Å². The minimum Gasteiger partial charge on any atom is -0.493 e. The molecule has 0 atom stereocenters. The normalized spacial score (nSPS) is 11.3. The van der Waals surface area contributed by atoms with Crippen LogP contribution in [0, 0.1) is 0 Å². The van der Waals surface area contributed by atoms with Crippen molar-refractivity contribution in [3.63, 3.8) is 0 Å². The molecule has 21 heavy (non-hydrogen) atoms. The summed E-state index contributed by atoms with van der Waals surface area (Å²) in [6, 6.07) is 3.52. The average molecular weight is 307 g/mol. The number of nitrogens with one attached hydrogen (secondary N) is 1. The van der Waals surface area contributed by atoms with E-state index in [1.165, 1.54) is 14.2 Å².